The Morgan fingerprint density at radius 3 is 2.26 bits per heavy atom. The number of carbonyl (C=O) groups excluding carboxylic acids is 2. The third-order valence-corrected chi connectivity index (χ3v) is 5.63. The van der Waals surface area contributed by atoms with E-state index >= 15 is 0 Å². The second kappa shape index (κ2) is 9.65. The van der Waals surface area contributed by atoms with Gasteiger partial charge in [0.05, 0.1) is 5.71 Å². The van der Waals surface area contributed by atoms with Gasteiger partial charge in [-0.25, -0.2) is 10.9 Å². The number of hydrazone groups is 1. The summed E-state index contributed by atoms with van der Waals surface area (Å²) in [5.41, 5.74) is 13.0. The summed E-state index contributed by atoms with van der Waals surface area (Å²) in [7, 11) is 0. The molecule has 7 nitrogen and oxygen atoms in total. The lowest BCUT2D eigenvalue weighted by atomic mass is 9.93. The maximum Gasteiger partial charge on any atom is 0.301 e. The molecule has 0 unspecified atom stereocenters. The van der Waals surface area contributed by atoms with Crippen molar-refractivity contribution in [3.8, 4) is 11.1 Å². The number of carbonyl (C=O) groups is 2. The van der Waals surface area contributed by atoms with Gasteiger partial charge in [-0.3, -0.25) is 15.0 Å². The normalized spacial score (nSPS) is 14.5. The maximum absolute atomic E-state index is 12.7. The largest absolute Gasteiger partial charge is 0.455 e. The number of benzene rings is 2. The summed E-state index contributed by atoms with van der Waals surface area (Å²) in [5.74, 6) is 0.375. The Labute approximate surface area is 199 Å². The van der Waals surface area contributed by atoms with Gasteiger partial charge in [0.2, 0.25) is 0 Å². The van der Waals surface area contributed by atoms with Crippen molar-refractivity contribution < 1.29 is 14.0 Å². The molecule has 0 bridgehead atoms. The van der Waals surface area contributed by atoms with E-state index in [2.05, 4.69) is 21.4 Å². The molecule has 0 atom stereocenters. The molecule has 0 fully saturated rings. The minimum atomic E-state index is -0.330. The van der Waals surface area contributed by atoms with Gasteiger partial charge in [0.1, 0.15) is 5.76 Å². The monoisotopic (exact) mass is 458 g/mol. The SMILES string of the molecule is Cc1c(C(=O)NNC(C)(C)C)oc2c1/C(=N/NC(=O)c1ccc(-c3ccccc3)cc1)CCC2. The number of hydrazine groups is 1. The van der Waals surface area contributed by atoms with Gasteiger partial charge in [0.25, 0.3) is 5.91 Å². The fraction of sp³-hybridized carbons (Fsp3) is 0.296. The molecule has 4 rings (SSSR count). The van der Waals surface area contributed by atoms with Crippen molar-refractivity contribution in [3.05, 3.63) is 82.8 Å². The first kappa shape index (κ1) is 23.4. The van der Waals surface area contributed by atoms with E-state index in [-0.39, 0.29) is 23.1 Å². The Morgan fingerprint density at radius 2 is 1.59 bits per heavy atom. The first-order valence-corrected chi connectivity index (χ1v) is 11.5. The zero-order valence-electron chi connectivity index (χ0n) is 20.0. The van der Waals surface area contributed by atoms with Gasteiger partial charge in [0, 0.05) is 28.7 Å². The van der Waals surface area contributed by atoms with Crippen molar-refractivity contribution in [1.82, 2.24) is 16.3 Å². The van der Waals surface area contributed by atoms with Crippen LogP contribution in [-0.4, -0.2) is 23.1 Å². The van der Waals surface area contributed by atoms with Crippen molar-refractivity contribution in [1.29, 1.82) is 0 Å². The maximum atomic E-state index is 12.7. The number of rotatable bonds is 5. The number of nitrogens with one attached hydrogen (secondary N) is 3. The van der Waals surface area contributed by atoms with Crippen molar-refractivity contribution in [2.45, 2.75) is 52.5 Å². The topological polar surface area (TPSA) is 95.7 Å². The molecule has 0 saturated heterocycles. The van der Waals surface area contributed by atoms with Crippen LogP contribution in [0.5, 0.6) is 0 Å². The fourth-order valence-corrected chi connectivity index (χ4v) is 3.93. The zero-order valence-corrected chi connectivity index (χ0v) is 20.0. The highest BCUT2D eigenvalue weighted by atomic mass is 16.4. The van der Waals surface area contributed by atoms with Gasteiger partial charge < -0.3 is 4.42 Å². The van der Waals surface area contributed by atoms with Crippen LogP contribution in [0, 0.1) is 6.92 Å². The van der Waals surface area contributed by atoms with Crippen LogP contribution < -0.4 is 16.3 Å². The van der Waals surface area contributed by atoms with Crippen molar-refractivity contribution in [2.75, 3.05) is 0 Å². The Morgan fingerprint density at radius 1 is 0.912 bits per heavy atom. The summed E-state index contributed by atoms with van der Waals surface area (Å²) in [6.07, 6.45) is 2.26. The van der Waals surface area contributed by atoms with Gasteiger partial charge >= 0.3 is 5.91 Å². The van der Waals surface area contributed by atoms with Crippen molar-refractivity contribution >= 4 is 17.5 Å². The third kappa shape index (κ3) is 5.26. The number of furan rings is 1. The highest BCUT2D eigenvalue weighted by Crippen LogP contribution is 2.30. The van der Waals surface area contributed by atoms with Gasteiger partial charge in [0.15, 0.2) is 5.76 Å². The molecule has 2 amide bonds. The summed E-state index contributed by atoms with van der Waals surface area (Å²) in [6.45, 7) is 7.71. The second-order valence-corrected chi connectivity index (χ2v) is 9.48. The van der Waals surface area contributed by atoms with Crippen molar-refractivity contribution in [3.63, 3.8) is 0 Å². The van der Waals surface area contributed by atoms with Crippen LogP contribution >= 0.6 is 0 Å². The van der Waals surface area contributed by atoms with Crippen molar-refractivity contribution in [2.24, 2.45) is 5.10 Å². The van der Waals surface area contributed by atoms with Gasteiger partial charge in [-0.05, 0) is 63.8 Å². The predicted molar refractivity (Wildman–Crippen MR) is 133 cm³/mol. The predicted octanol–water partition coefficient (Wildman–Crippen LogP) is 4.76. The van der Waals surface area contributed by atoms with Crippen LogP contribution in [0.3, 0.4) is 0 Å². The van der Waals surface area contributed by atoms with E-state index in [0.29, 0.717) is 12.0 Å². The molecule has 0 aliphatic heterocycles. The lowest BCUT2D eigenvalue weighted by Gasteiger charge is -2.20. The summed E-state index contributed by atoms with van der Waals surface area (Å²) in [4.78, 5) is 25.4. The Kier molecular flexibility index (Phi) is 6.65. The molecule has 0 saturated carbocycles. The van der Waals surface area contributed by atoms with Crippen LogP contribution in [-0.2, 0) is 6.42 Å². The number of fused-ring (bicyclic) bond motifs is 1. The first-order chi connectivity index (χ1) is 16.2. The minimum Gasteiger partial charge on any atom is -0.455 e. The molecule has 176 valence electrons. The van der Waals surface area contributed by atoms with Gasteiger partial charge in [-0.2, -0.15) is 5.10 Å². The minimum absolute atomic E-state index is 0.263. The average Bonchev–Trinajstić information content (AvgIpc) is 3.18. The summed E-state index contributed by atoms with van der Waals surface area (Å²) >= 11 is 0. The molecule has 34 heavy (non-hydrogen) atoms. The summed E-state index contributed by atoms with van der Waals surface area (Å²) < 4.78 is 5.90. The zero-order chi connectivity index (χ0) is 24.3. The fourth-order valence-electron chi connectivity index (χ4n) is 3.93. The van der Waals surface area contributed by atoms with Crippen LogP contribution in [0.2, 0.25) is 0 Å². The number of nitrogens with zero attached hydrogens (tertiary/aromatic N) is 1. The van der Waals surface area contributed by atoms with E-state index in [4.69, 9.17) is 4.42 Å². The smallest absolute Gasteiger partial charge is 0.301 e. The quantitative estimate of drug-likeness (QED) is 0.481. The van der Waals surface area contributed by atoms with Gasteiger partial charge in [-0.1, -0.05) is 42.5 Å². The second-order valence-electron chi connectivity index (χ2n) is 9.48. The molecule has 2 aromatic carbocycles. The van der Waals surface area contributed by atoms with Gasteiger partial charge in [-0.15, -0.1) is 0 Å². The number of hydrogen-bond acceptors (Lipinski definition) is 5. The third-order valence-electron chi connectivity index (χ3n) is 5.63. The lowest BCUT2D eigenvalue weighted by molar-refractivity contribution is 0.0882. The molecule has 1 aliphatic carbocycles. The van der Waals surface area contributed by atoms with E-state index in [1.165, 1.54) is 0 Å². The Bertz CT molecular complexity index is 1220. The summed E-state index contributed by atoms with van der Waals surface area (Å²) in [6, 6.07) is 17.4. The number of hydrogen-bond donors (Lipinski definition) is 3. The van der Waals surface area contributed by atoms with Crippen LogP contribution in [0.4, 0.5) is 0 Å². The number of aryl methyl sites for hydroxylation is 1. The molecular formula is C27H30N4O3. The molecule has 3 aromatic rings. The molecule has 1 aliphatic rings. The molecule has 3 N–H and O–H groups in total. The summed E-state index contributed by atoms with van der Waals surface area (Å²) in [5, 5.41) is 4.41. The lowest BCUT2D eigenvalue weighted by Crippen LogP contribution is -2.48. The van der Waals surface area contributed by atoms with Crippen LogP contribution in [0.1, 0.15) is 71.4 Å². The Balaban J connectivity index is 1.49. The molecule has 0 radical (unpaired) electrons. The molecule has 1 aromatic heterocycles. The van der Waals surface area contributed by atoms with E-state index in [1.807, 2.05) is 70.2 Å². The standard InChI is InChI=1S/C27H30N4O3/c1-17-23-21(11-8-12-22(23)34-24(17)26(33)30-31-27(2,3)4)28-29-25(32)20-15-13-19(14-16-20)18-9-6-5-7-10-18/h5-7,9-10,13-16,31H,8,11-12H2,1-4H3,(H,29,32)(H,30,33)/b28-21+. The molecule has 1 heterocycles. The molecule has 0 spiro atoms. The van der Waals surface area contributed by atoms with Crippen LogP contribution in [0.15, 0.2) is 64.1 Å². The van der Waals surface area contributed by atoms with Crippen LogP contribution in [0.25, 0.3) is 11.1 Å². The van der Waals surface area contributed by atoms with E-state index < -0.39 is 0 Å². The van der Waals surface area contributed by atoms with E-state index in [0.717, 1.165) is 46.6 Å². The number of amides is 2. The molecule has 7 heteroatoms. The highest BCUT2D eigenvalue weighted by molar-refractivity contribution is 6.07. The van der Waals surface area contributed by atoms with E-state index in [1.54, 1.807) is 12.1 Å². The molecular weight excluding hydrogens is 428 g/mol. The average molecular weight is 459 g/mol. The van der Waals surface area contributed by atoms with E-state index in [9.17, 15) is 9.59 Å². The Hall–Kier alpha value is -3.71. The highest BCUT2D eigenvalue weighted by Gasteiger charge is 2.28. The first-order valence-electron chi connectivity index (χ1n) is 11.5.